The fourth-order valence-electron chi connectivity index (χ4n) is 2.11. The van der Waals surface area contributed by atoms with Gasteiger partial charge in [-0.25, -0.2) is 0 Å². The van der Waals surface area contributed by atoms with Gasteiger partial charge in [0.15, 0.2) is 0 Å². The second-order valence-corrected chi connectivity index (χ2v) is 5.08. The van der Waals surface area contributed by atoms with Crippen LogP contribution in [-0.2, 0) is 0 Å². The Morgan fingerprint density at radius 2 is 1.17 bits per heavy atom. The van der Waals surface area contributed by atoms with E-state index in [-0.39, 0.29) is 0 Å². The van der Waals surface area contributed by atoms with E-state index in [2.05, 4.69) is 11.8 Å². The number of benzene rings is 3. The van der Waals surface area contributed by atoms with Gasteiger partial charge in [0.2, 0.25) is 0 Å². The Kier molecular flexibility index (Phi) is 4.17. The van der Waals surface area contributed by atoms with Crippen LogP contribution in [0.1, 0.15) is 11.1 Å². The molecular formula is C20H16N2O. The van der Waals surface area contributed by atoms with Crippen LogP contribution < -0.4 is 16.2 Å². The number of ether oxygens (including phenoxy) is 1. The van der Waals surface area contributed by atoms with Crippen molar-refractivity contribution in [2.75, 3.05) is 11.5 Å². The molecule has 112 valence electrons. The minimum Gasteiger partial charge on any atom is -0.457 e. The van der Waals surface area contributed by atoms with E-state index in [1.165, 1.54) is 0 Å². The van der Waals surface area contributed by atoms with Gasteiger partial charge in [0.1, 0.15) is 11.5 Å². The lowest BCUT2D eigenvalue weighted by Gasteiger charge is -2.07. The third kappa shape index (κ3) is 4.05. The maximum Gasteiger partial charge on any atom is 0.131 e. The Morgan fingerprint density at radius 1 is 0.609 bits per heavy atom. The van der Waals surface area contributed by atoms with Gasteiger partial charge in [0.05, 0.1) is 0 Å². The minimum atomic E-state index is 0.574. The van der Waals surface area contributed by atoms with Crippen LogP contribution in [0.15, 0.2) is 72.8 Å². The van der Waals surface area contributed by atoms with Gasteiger partial charge in [0.25, 0.3) is 0 Å². The molecule has 0 amide bonds. The van der Waals surface area contributed by atoms with E-state index in [1.807, 2.05) is 54.6 Å². The van der Waals surface area contributed by atoms with Crippen molar-refractivity contribution in [3.05, 3.63) is 83.9 Å². The molecule has 3 nitrogen and oxygen atoms in total. The van der Waals surface area contributed by atoms with Crippen LogP contribution in [0.5, 0.6) is 11.5 Å². The van der Waals surface area contributed by atoms with Crippen molar-refractivity contribution in [3.63, 3.8) is 0 Å². The molecule has 3 aromatic carbocycles. The van der Waals surface area contributed by atoms with Gasteiger partial charge in [-0.2, -0.15) is 0 Å². The summed E-state index contributed by atoms with van der Waals surface area (Å²) in [6.45, 7) is 0. The van der Waals surface area contributed by atoms with E-state index >= 15 is 0 Å². The first kappa shape index (κ1) is 14.6. The number of rotatable bonds is 2. The molecule has 0 saturated heterocycles. The van der Waals surface area contributed by atoms with Gasteiger partial charge < -0.3 is 16.2 Å². The Hall–Kier alpha value is -3.38. The van der Waals surface area contributed by atoms with Crippen molar-refractivity contribution in [1.82, 2.24) is 0 Å². The maximum absolute atomic E-state index is 5.75. The molecule has 3 rings (SSSR count). The fourth-order valence-corrected chi connectivity index (χ4v) is 2.11. The summed E-state index contributed by atoms with van der Waals surface area (Å²) in [6, 6.07) is 22.6. The molecule has 0 aromatic heterocycles. The third-order valence-corrected chi connectivity index (χ3v) is 3.17. The van der Waals surface area contributed by atoms with Crippen molar-refractivity contribution >= 4 is 11.4 Å². The van der Waals surface area contributed by atoms with Crippen molar-refractivity contribution < 1.29 is 4.74 Å². The van der Waals surface area contributed by atoms with Gasteiger partial charge in [-0.3, -0.25) is 0 Å². The highest BCUT2D eigenvalue weighted by Crippen LogP contribution is 2.26. The summed E-state index contributed by atoms with van der Waals surface area (Å²) in [5, 5.41) is 0. The molecule has 4 N–H and O–H groups in total. The van der Waals surface area contributed by atoms with Gasteiger partial charge in [-0.05, 0) is 42.5 Å². The van der Waals surface area contributed by atoms with Crippen molar-refractivity contribution in [2.24, 2.45) is 0 Å². The van der Waals surface area contributed by atoms with E-state index in [1.54, 1.807) is 18.2 Å². The summed E-state index contributed by atoms with van der Waals surface area (Å²) in [4.78, 5) is 0. The van der Waals surface area contributed by atoms with E-state index in [4.69, 9.17) is 16.2 Å². The lowest BCUT2D eigenvalue weighted by atomic mass is 10.2. The summed E-state index contributed by atoms with van der Waals surface area (Å²) in [5.74, 6) is 7.57. The second-order valence-electron chi connectivity index (χ2n) is 5.08. The third-order valence-electron chi connectivity index (χ3n) is 3.17. The zero-order valence-corrected chi connectivity index (χ0v) is 12.5. The Labute approximate surface area is 135 Å². The summed E-state index contributed by atoms with van der Waals surface area (Å²) >= 11 is 0. The fraction of sp³-hybridized carbons (Fsp3) is 0. The van der Waals surface area contributed by atoms with Crippen molar-refractivity contribution in [3.8, 4) is 23.3 Å². The second kappa shape index (κ2) is 6.59. The lowest BCUT2D eigenvalue weighted by molar-refractivity contribution is 0.483. The molecule has 0 unspecified atom stereocenters. The molecule has 0 aliphatic heterocycles. The molecule has 0 bridgehead atoms. The number of hydrogen-bond acceptors (Lipinski definition) is 3. The van der Waals surface area contributed by atoms with Crippen LogP contribution >= 0.6 is 0 Å². The monoisotopic (exact) mass is 300 g/mol. The summed E-state index contributed by atoms with van der Waals surface area (Å²) in [6.07, 6.45) is 0. The van der Waals surface area contributed by atoms with Crippen LogP contribution in [-0.4, -0.2) is 0 Å². The van der Waals surface area contributed by atoms with Crippen LogP contribution in [0.2, 0.25) is 0 Å². The molecule has 0 radical (unpaired) electrons. The molecule has 0 atom stereocenters. The van der Waals surface area contributed by atoms with Crippen molar-refractivity contribution in [1.29, 1.82) is 0 Å². The standard InChI is InChI=1S/C20H16N2O/c21-17-12-18(22)14-20(13-17)23-19-10-8-16(9-11-19)7-6-15-4-2-1-3-5-15/h1-5,8-14H,21-22H2. The highest BCUT2D eigenvalue weighted by molar-refractivity contribution is 5.57. The largest absolute Gasteiger partial charge is 0.457 e. The summed E-state index contributed by atoms with van der Waals surface area (Å²) in [7, 11) is 0. The number of nitrogens with two attached hydrogens (primary N) is 2. The molecule has 0 fully saturated rings. The first-order valence-electron chi connectivity index (χ1n) is 7.20. The lowest BCUT2D eigenvalue weighted by Crippen LogP contribution is -1.92. The molecule has 0 aliphatic carbocycles. The van der Waals surface area contributed by atoms with E-state index in [9.17, 15) is 0 Å². The average molecular weight is 300 g/mol. The molecular weight excluding hydrogens is 284 g/mol. The summed E-state index contributed by atoms with van der Waals surface area (Å²) in [5.41, 5.74) is 14.6. The molecule has 3 heteroatoms. The number of hydrogen-bond donors (Lipinski definition) is 2. The van der Waals surface area contributed by atoms with Gasteiger partial charge in [0, 0.05) is 34.6 Å². The Morgan fingerprint density at radius 3 is 1.78 bits per heavy atom. The minimum absolute atomic E-state index is 0.574. The Balaban J connectivity index is 1.73. The predicted molar refractivity (Wildman–Crippen MR) is 94.2 cm³/mol. The SMILES string of the molecule is Nc1cc(N)cc(Oc2ccc(C#Cc3ccccc3)cc2)c1. The van der Waals surface area contributed by atoms with Gasteiger partial charge >= 0.3 is 0 Å². The normalized spacial score (nSPS) is 9.74. The van der Waals surface area contributed by atoms with E-state index in [0.717, 1.165) is 11.1 Å². The van der Waals surface area contributed by atoms with Crippen LogP contribution in [0.3, 0.4) is 0 Å². The van der Waals surface area contributed by atoms with Gasteiger partial charge in [-0.15, -0.1) is 0 Å². The molecule has 0 saturated carbocycles. The number of nitrogen functional groups attached to an aromatic ring is 2. The first-order valence-corrected chi connectivity index (χ1v) is 7.20. The van der Waals surface area contributed by atoms with Crippen LogP contribution in [0.4, 0.5) is 11.4 Å². The number of anilines is 2. The van der Waals surface area contributed by atoms with Crippen molar-refractivity contribution in [2.45, 2.75) is 0 Å². The van der Waals surface area contributed by atoms with Gasteiger partial charge in [-0.1, -0.05) is 30.0 Å². The zero-order valence-electron chi connectivity index (χ0n) is 12.5. The maximum atomic E-state index is 5.75. The molecule has 23 heavy (non-hydrogen) atoms. The topological polar surface area (TPSA) is 61.3 Å². The quantitative estimate of drug-likeness (QED) is 0.554. The average Bonchev–Trinajstić information content (AvgIpc) is 2.54. The first-order chi connectivity index (χ1) is 11.2. The summed E-state index contributed by atoms with van der Waals surface area (Å²) < 4.78 is 5.75. The van der Waals surface area contributed by atoms with E-state index in [0.29, 0.717) is 22.9 Å². The highest BCUT2D eigenvalue weighted by atomic mass is 16.5. The smallest absolute Gasteiger partial charge is 0.131 e. The molecule has 0 aliphatic rings. The van der Waals surface area contributed by atoms with Crippen LogP contribution in [0.25, 0.3) is 0 Å². The molecule has 0 heterocycles. The van der Waals surface area contributed by atoms with E-state index < -0.39 is 0 Å². The molecule has 3 aromatic rings. The molecule has 0 spiro atoms. The van der Waals surface area contributed by atoms with Crippen LogP contribution in [0, 0.1) is 11.8 Å². The highest BCUT2D eigenvalue weighted by Gasteiger charge is 2.00. The predicted octanol–water partition coefficient (Wildman–Crippen LogP) is 4.04. The zero-order chi connectivity index (χ0) is 16.1. The Bertz CT molecular complexity index is 839.